The van der Waals surface area contributed by atoms with Crippen molar-refractivity contribution in [2.75, 3.05) is 0 Å². The Morgan fingerprint density at radius 2 is 1.67 bits per heavy atom. The highest BCUT2D eigenvalue weighted by atomic mass is 79.9. The molecule has 3 rings (SSSR count). The lowest BCUT2D eigenvalue weighted by Crippen LogP contribution is -2.23. The molecule has 0 unspecified atom stereocenters. The molecule has 0 atom stereocenters. The summed E-state index contributed by atoms with van der Waals surface area (Å²) in [4.78, 5) is 1.96. The number of halogens is 4. The fraction of sp³-hybridized carbons (Fsp3) is 0.133. The van der Waals surface area contributed by atoms with Crippen LogP contribution in [0.1, 0.15) is 16.7 Å². The molecule has 0 radical (unpaired) electrons. The fourth-order valence-corrected chi connectivity index (χ4v) is 2.91. The summed E-state index contributed by atoms with van der Waals surface area (Å²) in [6.07, 6.45) is 0. The van der Waals surface area contributed by atoms with Gasteiger partial charge in [-0.2, -0.15) is 0 Å². The van der Waals surface area contributed by atoms with Gasteiger partial charge in [-0.3, -0.25) is 5.41 Å². The van der Waals surface area contributed by atoms with E-state index in [9.17, 15) is 0 Å². The molecule has 2 nitrogen and oxygen atoms in total. The Kier molecular flexibility index (Phi) is 5.20. The summed E-state index contributed by atoms with van der Waals surface area (Å²) in [5, 5.41) is 9.98. The number of amidine groups is 1. The molecule has 0 fully saturated rings. The summed E-state index contributed by atoms with van der Waals surface area (Å²) in [5.41, 5.74) is 2.87. The minimum Gasteiger partial charge on any atom is -0.348 e. The predicted octanol–water partition coefficient (Wildman–Crippen LogP) is 5.57. The second kappa shape index (κ2) is 6.57. The van der Waals surface area contributed by atoms with Crippen molar-refractivity contribution >= 4 is 57.6 Å². The van der Waals surface area contributed by atoms with Crippen molar-refractivity contribution in [3.63, 3.8) is 0 Å². The Hall–Kier alpha value is -0.740. The van der Waals surface area contributed by atoms with Gasteiger partial charge in [-0.05, 0) is 29.3 Å². The van der Waals surface area contributed by atoms with Gasteiger partial charge in [0.25, 0.3) is 0 Å². The van der Waals surface area contributed by atoms with Gasteiger partial charge in [0.1, 0.15) is 5.84 Å². The van der Waals surface area contributed by atoms with Crippen molar-refractivity contribution in [3.8, 4) is 0 Å². The van der Waals surface area contributed by atoms with Gasteiger partial charge >= 0.3 is 0 Å². The van der Waals surface area contributed by atoms with Crippen molar-refractivity contribution in [2.45, 2.75) is 13.1 Å². The molecular weight excluding hydrogens is 394 g/mol. The Morgan fingerprint density at radius 3 is 2.38 bits per heavy atom. The van der Waals surface area contributed by atoms with Gasteiger partial charge in [0.15, 0.2) is 0 Å². The van der Waals surface area contributed by atoms with Gasteiger partial charge in [0.05, 0.1) is 10.0 Å². The van der Waals surface area contributed by atoms with Crippen molar-refractivity contribution in [3.05, 3.63) is 68.2 Å². The van der Waals surface area contributed by atoms with E-state index < -0.39 is 0 Å². The fourth-order valence-electron chi connectivity index (χ4n) is 2.36. The van der Waals surface area contributed by atoms with Crippen LogP contribution in [-0.4, -0.2) is 10.7 Å². The van der Waals surface area contributed by atoms with E-state index in [-0.39, 0.29) is 17.0 Å². The van der Waals surface area contributed by atoms with Gasteiger partial charge in [0, 0.05) is 23.7 Å². The van der Waals surface area contributed by atoms with E-state index in [1.807, 2.05) is 35.2 Å². The van der Waals surface area contributed by atoms with Gasteiger partial charge in [-0.1, -0.05) is 53.0 Å². The summed E-state index contributed by atoms with van der Waals surface area (Å²) < 4.78 is 0. The van der Waals surface area contributed by atoms with E-state index in [1.165, 1.54) is 0 Å². The van der Waals surface area contributed by atoms with Crippen LogP contribution in [0.15, 0.2) is 36.4 Å². The molecule has 6 heteroatoms. The third kappa shape index (κ3) is 3.21. The summed E-state index contributed by atoms with van der Waals surface area (Å²) >= 11 is 18.2. The zero-order valence-corrected chi connectivity index (χ0v) is 14.8. The third-order valence-corrected chi connectivity index (χ3v) is 4.49. The monoisotopic (exact) mass is 404 g/mol. The van der Waals surface area contributed by atoms with Gasteiger partial charge < -0.3 is 4.90 Å². The van der Waals surface area contributed by atoms with E-state index in [2.05, 4.69) is 0 Å². The van der Waals surface area contributed by atoms with Crippen molar-refractivity contribution in [1.82, 2.24) is 4.90 Å². The Morgan fingerprint density at radius 1 is 1.00 bits per heavy atom. The minimum atomic E-state index is 0. The Labute approximate surface area is 148 Å². The number of hydrogen-bond donors (Lipinski definition) is 1. The van der Waals surface area contributed by atoms with E-state index >= 15 is 0 Å². The topological polar surface area (TPSA) is 27.1 Å². The second-order valence-corrected chi connectivity index (χ2v) is 5.94. The smallest absolute Gasteiger partial charge is 0.129 e. The zero-order valence-electron chi connectivity index (χ0n) is 10.9. The molecule has 0 bridgehead atoms. The summed E-state index contributed by atoms with van der Waals surface area (Å²) in [6, 6.07) is 11.3. The van der Waals surface area contributed by atoms with Crippen LogP contribution in [0.4, 0.5) is 0 Å². The molecule has 1 N–H and O–H groups in total. The maximum Gasteiger partial charge on any atom is 0.129 e. The van der Waals surface area contributed by atoms with Crippen LogP contribution in [-0.2, 0) is 13.1 Å². The highest BCUT2D eigenvalue weighted by Gasteiger charge is 2.25. The number of fused-ring (bicyclic) bond motifs is 1. The number of benzene rings is 2. The summed E-state index contributed by atoms with van der Waals surface area (Å²) in [5.74, 6) is 0.457. The molecule has 21 heavy (non-hydrogen) atoms. The summed E-state index contributed by atoms with van der Waals surface area (Å²) in [7, 11) is 0. The van der Waals surface area contributed by atoms with Crippen molar-refractivity contribution < 1.29 is 0 Å². The van der Waals surface area contributed by atoms with Gasteiger partial charge in [-0.15, -0.1) is 17.0 Å². The minimum absolute atomic E-state index is 0. The highest BCUT2D eigenvalue weighted by Crippen LogP contribution is 2.32. The predicted molar refractivity (Wildman–Crippen MR) is 94.3 cm³/mol. The lowest BCUT2D eigenvalue weighted by Gasteiger charge is -2.18. The maximum absolute atomic E-state index is 8.26. The van der Waals surface area contributed by atoms with Crippen LogP contribution in [0.25, 0.3) is 0 Å². The molecule has 1 heterocycles. The Bertz CT molecular complexity index is 703. The van der Waals surface area contributed by atoms with Crippen LogP contribution >= 0.6 is 51.8 Å². The van der Waals surface area contributed by atoms with E-state index in [0.717, 1.165) is 16.7 Å². The Balaban J connectivity index is 0.00000161. The molecule has 0 saturated carbocycles. The number of nitrogens with zero attached hydrogens (tertiary/aromatic N) is 1. The number of nitrogens with one attached hydrogen (secondary N) is 1. The van der Waals surface area contributed by atoms with Crippen molar-refractivity contribution in [1.29, 1.82) is 5.41 Å². The number of rotatable bonds is 2. The quantitative estimate of drug-likeness (QED) is 0.694. The average Bonchev–Trinajstić information content (AvgIpc) is 2.70. The first-order valence-corrected chi connectivity index (χ1v) is 7.25. The van der Waals surface area contributed by atoms with Crippen LogP contribution in [0.5, 0.6) is 0 Å². The molecular formula is C15H12BrCl3N2. The summed E-state index contributed by atoms with van der Waals surface area (Å²) in [6.45, 7) is 1.25. The molecule has 1 aliphatic rings. The van der Waals surface area contributed by atoms with Crippen LogP contribution in [0.2, 0.25) is 15.1 Å². The van der Waals surface area contributed by atoms with E-state index in [4.69, 9.17) is 40.2 Å². The lowest BCUT2D eigenvalue weighted by atomic mass is 10.1. The normalized spacial score (nSPS) is 13.1. The molecule has 1 aliphatic heterocycles. The molecule has 0 saturated heterocycles. The SMILES string of the molecule is Br.N=C1c2cc(Cl)c(Cl)cc2CN1Cc1ccccc1Cl. The average molecular weight is 407 g/mol. The van der Waals surface area contributed by atoms with Crippen LogP contribution in [0, 0.1) is 5.41 Å². The maximum atomic E-state index is 8.26. The van der Waals surface area contributed by atoms with E-state index in [1.54, 1.807) is 6.07 Å². The molecule has 2 aromatic carbocycles. The largest absolute Gasteiger partial charge is 0.348 e. The molecule has 0 amide bonds. The molecule has 2 aromatic rings. The van der Waals surface area contributed by atoms with Crippen molar-refractivity contribution in [2.24, 2.45) is 0 Å². The zero-order chi connectivity index (χ0) is 14.3. The first kappa shape index (κ1) is 16.6. The van der Waals surface area contributed by atoms with Crippen LogP contribution < -0.4 is 0 Å². The van der Waals surface area contributed by atoms with Gasteiger partial charge in [-0.25, -0.2) is 0 Å². The molecule has 0 aliphatic carbocycles. The highest BCUT2D eigenvalue weighted by molar-refractivity contribution is 8.93. The lowest BCUT2D eigenvalue weighted by molar-refractivity contribution is 0.422. The first-order chi connectivity index (χ1) is 9.56. The second-order valence-electron chi connectivity index (χ2n) is 4.72. The van der Waals surface area contributed by atoms with Crippen LogP contribution in [0.3, 0.4) is 0 Å². The first-order valence-electron chi connectivity index (χ1n) is 6.11. The third-order valence-electron chi connectivity index (χ3n) is 3.40. The van der Waals surface area contributed by atoms with E-state index in [0.29, 0.717) is 34.0 Å². The standard InChI is InChI=1S/C15H11Cl3N2.BrH/c16-12-4-2-1-3-9(12)7-20-8-10-5-13(17)14(18)6-11(10)15(20)19;/h1-6,19H,7-8H2;1H. The molecule has 0 aromatic heterocycles. The number of hydrogen-bond acceptors (Lipinski definition) is 1. The van der Waals surface area contributed by atoms with Gasteiger partial charge in [0.2, 0.25) is 0 Å². The molecule has 0 spiro atoms. The molecule has 110 valence electrons.